The number of aryl methyl sites for hydroxylation is 2. The van der Waals surface area contributed by atoms with Crippen LogP contribution in [0, 0.1) is 37.6 Å². The van der Waals surface area contributed by atoms with Gasteiger partial charge in [0, 0.05) is 79.0 Å². The van der Waals surface area contributed by atoms with Crippen molar-refractivity contribution in [1.82, 2.24) is 17.5 Å². The number of unbranched alkanes of at least 4 members (excludes halogenated alkanes) is 32. The standard InChI is InChI=1S/C76H110FN4S6.Y/c1-7-11-15-19-23-27-29-33-37-40-44-58(43-39-35-31-25-21-17-13-9-3)49-60-51-68(83-57(60)6)64-53-62-63(71-73(64)80-86-78-71)54-65(74-72(62)79-87-81-74)69-52-61(75(84-69)70-55-66(77)76(85-70)67-48-47-56(5)82-67)50-59(45-41-36-32-26-22-18-14-10-4)46-42-38-34-30-28-24-20-16-12-8-2;/h47,51-55,58-59H,7-46,49-50H2,1-6H3;/q-1;. The molecule has 1 radical (unpaired) electrons. The van der Waals surface area contributed by atoms with Crippen molar-refractivity contribution in [2.75, 3.05) is 0 Å². The number of hydrogen-bond donors (Lipinski definition) is 0. The zero-order chi connectivity index (χ0) is 60.8. The first-order valence-electron chi connectivity index (χ1n) is 35.6. The Morgan fingerprint density at radius 2 is 0.739 bits per heavy atom. The second kappa shape index (κ2) is 41.8. The first kappa shape index (κ1) is 73.6. The molecule has 12 heteroatoms. The van der Waals surface area contributed by atoms with Gasteiger partial charge in [0.25, 0.3) is 0 Å². The molecule has 6 heterocycles. The SMILES string of the molecule is CCCCCCCCCCCCC(CCCCCCCCCC)Cc1cc(-c2cc3c(cc(-c4cc(CC(CCCCCCCCCC)CCCCCCCCCCCC)c(-c5cc(F)c(-c6[c-]cc(C)s6)s5)s4)c4nsnc43)c3nsnc23)sc1C.[Y]. The molecule has 0 aliphatic heterocycles. The van der Waals surface area contributed by atoms with Crippen LogP contribution in [0.5, 0.6) is 0 Å². The van der Waals surface area contributed by atoms with Gasteiger partial charge in [-0.15, -0.1) is 22.7 Å². The van der Waals surface area contributed by atoms with E-state index >= 15 is 4.39 Å². The minimum atomic E-state index is -0.142. The molecule has 0 bridgehead atoms. The molecule has 0 saturated carbocycles. The number of nitrogens with zero attached hydrogens (tertiary/aromatic N) is 4. The summed E-state index contributed by atoms with van der Waals surface area (Å²) < 4.78 is 36.8. The van der Waals surface area contributed by atoms with E-state index in [2.05, 4.69) is 71.9 Å². The number of thiophene rings is 4. The maximum atomic E-state index is 16.3. The van der Waals surface area contributed by atoms with Crippen molar-refractivity contribution in [2.24, 2.45) is 11.8 Å². The number of benzene rings is 2. The van der Waals surface area contributed by atoms with E-state index in [0.717, 1.165) is 65.4 Å². The molecule has 4 nitrogen and oxygen atoms in total. The summed E-state index contributed by atoms with van der Waals surface area (Å²) in [6, 6.07) is 16.9. The Morgan fingerprint density at radius 1 is 0.386 bits per heavy atom. The number of hydrogen-bond acceptors (Lipinski definition) is 10. The Labute approximate surface area is 583 Å². The molecule has 0 spiro atoms. The van der Waals surface area contributed by atoms with Crippen LogP contribution >= 0.6 is 68.8 Å². The number of halogens is 1. The molecule has 6 aromatic heterocycles. The molecule has 0 aliphatic rings. The van der Waals surface area contributed by atoms with Crippen LogP contribution in [-0.2, 0) is 45.6 Å². The third kappa shape index (κ3) is 23.0. The molecule has 0 fully saturated rings. The van der Waals surface area contributed by atoms with Crippen LogP contribution < -0.4 is 0 Å². The molecule has 0 amide bonds. The van der Waals surface area contributed by atoms with E-state index in [1.54, 1.807) is 22.7 Å². The van der Waals surface area contributed by atoms with Crippen LogP contribution in [0.15, 0.2) is 36.4 Å². The molecular formula is C76H110FN4S6Y-. The van der Waals surface area contributed by atoms with Gasteiger partial charge in [-0.05, 0) is 77.9 Å². The predicted octanol–water partition coefficient (Wildman–Crippen LogP) is 28.3. The third-order valence-corrected chi connectivity index (χ3v) is 24.7. The van der Waals surface area contributed by atoms with Crippen LogP contribution in [0.2, 0.25) is 0 Å². The summed E-state index contributed by atoms with van der Waals surface area (Å²) in [5.74, 6) is 1.17. The van der Waals surface area contributed by atoms with Crippen molar-refractivity contribution in [3.05, 3.63) is 69.2 Å². The van der Waals surface area contributed by atoms with Crippen LogP contribution in [0.3, 0.4) is 0 Å². The Morgan fingerprint density at radius 3 is 1.14 bits per heavy atom. The van der Waals surface area contributed by atoms with Crippen molar-refractivity contribution in [1.29, 1.82) is 0 Å². The largest absolute Gasteiger partial charge is 0.234 e. The quantitative estimate of drug-likeness (QED) is 0.0282. The molecule has 2 aromatic carbocycles. The normalized spacial score (nSPS) is 12.6. The van der Waals surface area contributed by atoms with E-state index in [0.29, 0.717) is 10.8 Å². The fourth-order valence-corrected chi connectivity index (χ4v) is 19.1. The second-order valence-electron chi connectivity index (χ2n) is 26.3. The van der Waals surface area contributed by atoms with Crippen LogP contribution in [-0.4, -0.2) is 17.5 Å². The maximum Gasteiger partial charge on any atom is 0.114 e. The average molecular weight is 1380 g/mol. The molecule has 2 unspecified atom stereocenters. The summed E-state index contributed by atoms with van der Waals surface area (Å²) in [7, 11) is 0. The molecule has 0 aliphatic carbocycles. The fourth-order valence-electron chi connectivity index (χ4n) is 13.6. The van der Waals surface area contributed by atoms with Crippen molar-refractivity contribution in [3.63, 3.8) is 0 Å². The average Bonchev–Trinajstić information content (AvgIpc) is 1.51. The molecule has 8 rings (SSSR count). The molecule has 88 heavy (non-hydrogen) atoms. The van der Waals surface area contributed by atoms with Gasteiger partial charge >= 0.3 is 0 Å². The van der Waals surface area contributed by atoms with Gasteiger partial charge in [-0.25, -0.2) is 15.7 Å². The summed E-state index contributed by atoms with van der Waals surface area (Å²) in [5, 5.41) is 2.19. The van der Waals surface area contributed by atoms with E-state index in [1.807, 2.05) is 34.8 Å². The molecule has 0 saturated heterocycles. The fraction of sp³-hybridized carbons (Fsp3) is 0.658. The molecular weight excluding hydrogens is 1270 g/mol. The van der Waals surface area contributed by atoms with Gasteiger partial charge < -0.3 is 0 Å². The van der Waals surface area contributed by atoms with Gasteiger partial charge in [0.15, 0.2) is 0 Å². The van der Waals surface area contributed by atoms with E-state index in [9.17, 15) is 0 Å². The van der Waals surface area contributed by atoms with Gasteiger partial charge in [0.1, 0.15) is 22.1 Å². The van der Waals surface area contributed by atoms with Gasteiger partial charge in [-0.2, -0.15) is 41.0 Å². The number of fused-ring (bicyclic) bond motifs is 5. The van der Waals surface area contributed by atoms with Gasteiger partial charge in [-0.3, -0.25) is 0 Å². The maximum absolute atomic E-state index is 16.3. The number of aromatic nitrogens is 4. The Kier molecular flexibility index (Phi) is 34.9. The molecule has 0 N–H and O–H groups in total. The zero-order valence-corrected chi connectivity index (χ0v) is 63.2. The van der Waals surface area contributed by atoms with Crippen LogP contribution in [0.1, 0.15) is 305 Å². The van der Waals surface area contributed by atoms with Crippen LogP contribution in [0.25, 0.3) is 73.2 Å². The Balaban J connectivity index is 0.0000110. The first-order chi connectivity index (χ1) is 42.8. The summed E-state index contributed by atoms with van der Waals surface area (Å²) in [6.45, 7) is 13.7. The summed E-state index contributed by atoms with van der Waals surface area (Å²) in [5.41, 5.74) is 8.97. The minimum absolute atomic E-state index is 0. The first-order valence-corrected chi connectivity index (χ1v) is 40.4. The smallest absolute Gasteiger partial charge is 0.114 e. The van der Waals surface area contributed by atoms with E-state index in [-0.39, 0.29) is 38.5 Å². The summed E-state index contributed by atoms with van der Waals surface area (Å²) in [6.07, 6.45) is 56.6. The van der Waals surface area contributed by atoms with E-state index in [4.69, 9.17) is 17.5 Å². The summed E-state index contributed by atoms with van der Waals surface area (Å²) >= 11 is 9.64. The Bertz CT molecular complexity index is 3170. The van der Waals surface area contributed by atoms with Gasteiger partial charge in [-0.1, -0.05) is 301 Å². The zero-order valence-electron chi connectivity index (χ0n) is 55.5. The summed E-state index contributed by atoms with van der Waals surface area (Å²) in [4.78, 5) is 8.88. The van der Waals surface area contributed by atoms with Crippen molar-refractivity contribution in [3.8, 4) is 40.4 Å². The van der Waals surface area contributed by atoms with Gasteiger partial charge in [0.2, 0.25) is 0 Å². The topological polar surface area (TPSA) is 51.6 Å². The van der Waals surface area contributed by atoms with Gasteiger partial charge in [0.05, 0.1) is 29.3 Å². The van der Waals surface area contributed by atoms with E-state index in [1.165, 1.54) is 323 Å². The minimum Gasteiger partial charge on any atom is -0.234 e. The molecule has 8 aromatic rings. The Hall–Kier alpha value is -1.83. The van der Waals surface area contributed by atoms with Crippen molar-refractivity contribution < 1.29 is 37.1 Å². The van der Waals surface area contributed by atoms with Crippen LogP contribution in [0.4, 0.5) is 4.39 Å². The third-order valence-electron chi connectivity index (χ3n) is 18.9. The molecule has 2 atom stereocenters. The molecule has 481 valence electrons. The van der Waals surface area contributed by atoms with E-state index < -0.39 is 0 Å². The van der Waals surface area contributed by atoms with Crippen molar-refractivity contribution in [2.45, 2.75) is 311 Å². The monoisotopic (exact) mass is 1380 g/mol. The second-order valence-corrected chi connectivity index (χ2v) is 31.9. The van der Waals surface area contributed by atoms with Crippen molar-refractivity contribution >= 4 is 102 Å². The number of rotatable bonds is 48. The predicted molar refractivity (Wildman–Crippen MR) is 389 cm³/mol.